The Hall–Kier alpha value is -2.66. The largest absolute Gasteiger partial charge is 0.493 e. The average molecular weight is 429 g/mol. The molecule has 0 aliphatic carbocycles. The van der Waals surface area contributed by atoms with Gasteiger partial charge in [0.2, 0.25) is 5.91 Å². The lowest BCUT2D eigenvalue weighted by Crippen LogP contribution is -2.48. The maximum absolute atomic E-state index is 12.6. The van der Waals surface area contributed by atoms with Gasteiger partial charge in [-0.05, 0) is 41.8 Å². The number of ether oxygens (including phenoxy) is 2. The van der Waals surface area contributed by atoms with Crippen LogP contribution in [-0.4, -0.2) is 50.7 Å². The number of piperazine rings is 1. The number of methoxy groups -OCH3 is 1. The van der Waals surface area contributed by atoms with Gasteiger partial charge in [0.1, 0.15) is 0 Å². The topological polar surface area (TPSA) is 42.0 Å². The zero-order chi connectivity index (χ0) is 21.5. The molecule has 1 fully saturated rings. The summed E-state index contributed by atoms with van der Waals surface area (Å²) in [4.78, 5) is 16.8. The molecular weight excluding hydrogens is 400 g/mol. The Labute approximate surface area is 183 Å². The molecule has 0 bridgehead atoms. The Bertz CT molecular complexity index is 876. The van der Waals surface area contributed by atoms with Gasteiger partial charge in [-0.1, -0.05) is 43.6 Å². The van der Waals surface area contributed by atoms with Crippen molar-refractivity contribution in [2.45, 2.75) is 13.8 Å². The number of para-hydroxylation sites is 1. The van der Waals surface area contributed by atoms with Crippen LogP contribution in [0.15, 0.2) is 48.5 Å². The van der Waals surface area contributed by atoms with Gasteiger partial charge < -0.3 is 19.3 Å². The van der Waals surface area contributed by atoms with E-state index in [0.29, 0.717) is 42.1 Å². The molecule has 0 unspecified atom stereocenters. The summed E-state index contributed by atoms with van der Waals surface area (Å²) < 4.78 is 11.2. The molecule has 1 amide bonds. The second-order valence-electron chi connectivity index (χ2n) is 7.72. The fourth-order valence-electron chi connectivity index (χ4n) is 3.32. The van der Waals surface area contributed by atoms with Crippen LogP contribution < -0.4 is 14.4 Å². The number of rotatable bonds is 7. The second kappa shape index (κ2) is 10.4. The summed E-state index contributed by atoms with van der Waals surface area (Å²) in [6.07, 6.45) is 3.37. The molecule has 1 aliphatic heterocycles. The van der Waals surface area contributed by atoms with E-state index in [0.717, 1.165) is 18.7 Å². The summed E-state index contributed by atoms with van der Waals surface area (Å²) in [5, 5.41) is 0.471. The van der Waals surface area contributed by atoms with Crippen LogP contribution in [0.3, 0.4) is 0 Å². The zero-order valence-corrected chi connectivity index (χ0v) is 18.6. The standard InChI is InChI=1S/C24H29ClN2O3/c1-18(2)17-30-24-21(25)15-19(16-22(24)29-3)9-10-23(28)27-13-11-26(12-14-27)20-7-5-4-6-8-20/h4-10,15-16,18H,11-14,17H2,1-3H3/b10-9+. The van der Waals surface area contributed by atoms with Gasteiger partial charge in [-0.25, -0.2) is 0 Å². The summed E-state index contributed by atoms with van der Waals surface area (Å²) in [6, 6.07) is 13.9. The van der Waals surface area contributed by atoms with E-state index in [2.05, 4.69) is 30.9 Å². The van der Waals surface area contributed by atoms with Gasteiger partial charge in [0.05, 0.1) is 18.7 Å². The lowest BCUT2D eigenvalue weighted by atomic mass is 10.1. The predicted octanol–water partition coefficient (Wildman–Crippen LogP) is 4.75. The van der Waals surface area contributed by atoms with Gasteiger partial charge in [0.15, 0.2) is 11.5 Å². The third kappa shape index (κ3) is 5.70. The molecule has 0 saturated carbocycles. The highest BCUT2D eigenvalue weighted by Crippen LogP contribution is 2.37. The maximum atomic E-state index is 12.6. The van der Waals surface area contributed by atoms with E-state index in [4.69, 9.17) is 21.1 Å². The minimum atomic E-state index is -0.00191. The van der Waals surface area contributed by atoms with E-state index in [1.165, 1.54) is 5.69 Å². The van der Waals surface area contributed by atoms with Crippen LogP contribution in [0.5, 0.6) is 11.5 Å². The van der Waals surface area contributed by atoms with E-state index in [1.807, 2.05) is 29.2 Å². The van der Waals surface area contributed by atoms with Crippen molar-refractivity contribution < 1.29 is 14.3 Å². The fraction of sp³-hybridized carbons (Fsp3) is 0.375. The molecule has 0 spiro atoms. The van der Waals surface area contributed by atoms with Crippen molar-refractivity contribution in [2.24, 2.45) is 5.92 Å². The van der Waals surface area contributed by atoms with Gasteiger partial charge in [-0.15, -0.1) is 0 Å². The molecule has 0 aromatic heterocycles. The van der Waals surface area contributed by atoms with E-state index >= 15 is 0 Å². The lowest BCUT2D eigenvalue weighted by Gasteiger charge is -2.35. The molecule has 1 aliphatic rings. The second-order valence-corrected chi connectivity index (χ2v) is 8.13. The van der Waals surface area contributed by atoms with Gasteiger partial charge >= 0.3 is 0 Å². The van der Waals surface area contributed by atoms with Gasteiger partial charge in [0, 0.05) is 37.9 Å². The normalized spacial score (nSPS) is 14.4. The van der Waals surface area contributed by atoms with E-state index in [1.54, 1.807) is 25.3 Å². The Morgan fingerprint density at radius 3 is 2.47 bits per heavy atom. The van der Waals surface area contributed by atoms with Gasteiger partial charge in [-0.2, -0.15) is 0 Å². The first-order valence-corrected chi connectivity index (χ1v) is 10.6. The van der Waals surface area contributed by atoms with E-state index in [9.17, 15) is 4.79 Å². The number of benzene rings is 2. The quantitative estimate of drug-likeness (QED) is 0.597. The van der Waals surface area contributed by atoms with Crippen LogP contribution >= 0.6 is 11.6 Å². The molecule has 1 heterocycles. The molecule has 6 heteroatoms. The summed E-state index contributed by atoms with van der Waals surface area (Å²) in [7, 11) is 1.58. The molecular formula is C24H29ClN2O3. The van der Waals surface area contributed by atoms with Crippen molar-refractivity contribution in [3.05, 3.63) is 59.1 Å². The van der Waals surface area contributed by atoms with Crippen LogP contribution in [0.1, 0.15) is 19.4 Å². The molecule has 160 valence electrons. The Morgan fingerprint density at radius 1 is 1.13 bits per heavy atom. The first kappa shape index (κ1) is 22.0. The number of halogens is 1. The average Bonchev–Trinajstić information content (AvgIpc) is 2.77. The summed E-state index contributed by atoms with van der Waals surface area (Å²) in [5.74, 6) is 1.48. The number of hydrogen-bond acceptors (Lipinski definition) is 4. The van der Waals surface area contributed by atoms with Crippen LogP contribution in [0, 0.1) is 5.92 Å². The van der Waals surface area contributed by atoms with Crippen LogP contribution in [0.2, 0.25) is 5.02 Å². The SMILES string of the molecule is COc1cc(/C=C/C(=O)N2CCN(c3ccccc3)CC2)cc(Cl)c1OCC(C)C. The van der Waals surface area contributed by atoms with Crippen molar-refractivity contribution in [2.75, 3.05) is 44.8 Å². The number of carbonyl (C=O) groups is 1. The first-order valence-electron chi connectivity index (χ1n) is 10.2. The van der Waals surface area contributed by atoms with Gasteiger partial charge in [-0.3, -0.25) is 4.79 Å². The van der Waals surface area contributed by atoms with Crippen molar-refractivity contribution in [1.29, 1.82) is 0 Å². The summed E-state index contributed by atoms with van der Waals surface area (Å²) in [5.41, 5.74) is 1.99. The number of amides is 1. The Kier molecular flexibility index (Phi) is 7.63. The monoisotopic (exact) mass is 428 g/mol. The lowest BCUT2D eigenvalue weighted by molar-refractivity contribution is -0.126. The minimum Gasteiger partial charge on any atom is -0.493 e. The third-order valence-corrected chi connectivity index (χ3v) is 5.22. The molecule has 1 saturated heterocycles. The van der Waals surface area contributed by atoms with E-state index < -0.39 is 0 Å². The number of anilines is 1. The highest BCUT2D eigenvalue weighted by Gasteiger charge is 2.20. The summed E-state index contributed by atoms with van der Waals surface area (Å²) >= 11 is 6.40. The first-order chi connectivity index (χ1) is 14.5. The van der Waals surface area contributed by atoms with Crippen LogP contribution in [0.25, 0.3) is 6.08 Å². The molecule has 30 heavy (non-hydrogen) atoms. The smallest absolute Gasteiger partial charge is 0.246 e. The molecule has 2 aromatic rings. The molecule has 0 N–H and O–H groups in total. The molecule has 0 atom stereocenters. The van der Waals surface area contributed by atoms with Crippen molar-refractivity contribution >= 4 is 29.3 Å². The highest BCUT2D eigenvalue weighted by molar-refractivity contribution is 6.32. The zero-order valence-electron chi connectivity index (χ0n) is 17.8. The highest BCUT2D eigenvalue weighted by atomic mass is 35.5. The Balaban J connectivity index is 1.61. The van der Waals surface area contributed by atoms with E-state index in [-0.39, 0.29) is 5.91 Å². The van der Waals surface area contributed by atoms with Crippen molar-refractivity contribution in [1.82, 2.24) is 4.90 Å². The molecule has 2 aromatic carbocycles. The molecule has 3 rings (SSSR count). The van der Waals surface area contributed by atoms with Crippen molar-refractivity contribution in [3.63, 3.8) is 0 Å². The molecule has 5 nitrogen and oxygen atoms in total. The number of hydrogen-bond donors (Lipinski definition) is 0. The maximum Gasteiger partial charge on any atom is 0.246 e. The van der Waals surface area contributed by atoms with Crippen LogP contribution in [0.4, 0.5) is 5.69 Å². The minimum absolute atomic E-state index is 0.00191. The Morgan fingerprint density at radius 2 is 1.83 bits per heavy atom. The summed E-state index contributed by atoms with van der Waals surface area (Å²) in [6.45, 7) is 7.74. The fourth-order valence-corrected chi connectivity index (χ4v) is 3.60. The van der Waals surface area contributed by atoms with Crippen LogP contribution in [-0.2, 0) is 4.79 Å². The van der Waals surface area contributed by atoms with Gasteiger partial charge in [0.25, 0.3) is 0 Å². The number of nitrogens with zero attached hydrogens (tertiary/aromatic N) is 2. The number of carbonyl (C=O) groups excluding carboxylic acids is 1. The predicted molar refractivity (Wildman–Crippen MR) is 123 cm³/mol. The third-order valence-electron chi connectivity index (χ3n) is 4.94. The molecule has 0 radical (unpaired) electrons. The van der Waals surface area contributed by atoms with Crippen molar-refractivity contribution in [3.8, 4) is 11.5 Å².